The lowest BCUT2D eigenvalue weighted by Crippen LogP contribution is -2.26. The molecule has 0 aliphatic heterocycles. The van der Waals surface area contributed by atoms with Gasteiger partial charge in [0.25, 0.3) is 0 Å². The van der Waals surface area contributed by atoms with Crippen LogP contribution in [0.25, 0.3) is 0 Å². The first-order valence-electron chi connectivity index (χ1n) is 5.56. The van der Waals surface area contributed by atoms with E-state index < -0.39 is 0 Å². The smallest absolute Gasteiger partial charge is 0.124 e. The van der Waals surface area contributed by atoms with Gasteiger partial charge in [0, 0.05) is 15.8 Å². The Morgan fingerprint density at radius 3 is 2.81 bits per heavy atom. The molecule has 0 aromatic heterocycles. The summed E-state index contributed by atoms with van der Waals surface area (Å²) in [5.41, 5.74) is 6.37. The molecule has 1 aliphatic carbocycles. The van der Waals surface area contributed by atoms with E-state index in [4.69, 9.17) is 5.73 Å². The maximum atomic E-state index is 13.1. The van der Waals surface area contributed by atoms with Crippen LogP contribution < -0.4 is 5.73 Å². The number of hydrogen-bond donors (Lipinski definition) is 2. The lowest BCUT2D eigenvalue weighted by atomic mass is 9.97. The number of thioether (sulfide) groups is 1. The van der Waals surface area contributed by atoms with Crippen molar-refractivity contribution in [3.8, 4) is 0 Å². The summed E-state index contributed by atoms with van der Waals surface area (Å²) in [7, 11) is 0. The molecule has 3 N–H and O–H groups in total. The predicted molar refractivity (Wildman–Crippen MR) is 64.9 cm³/mol. The van der Waals surface area contributed by atoms with E-state index >= 15 is 0 Å². The van der Waals surface area contributed by atoms with Crippen LogP contribution in [-0.4, -0.2) is 16.5 Å². The zero-order valence-corrected chi connectivity index (χ0v) is 9.84. The molecule has 16 heavy (non-hydrogen) atoms. The summed E-state index contributed by atoms with van der Waals surface area (Å²) in [4.78, 5) is 0.742. The number of benzene rings is 1. The molecule has 2 nitrogen and oxygen atoms in total. The van der Waals surface area contributed by atoms with Crippen LogP contribution in [0.4, 0.5) is 10.1 Å². The minimum atomic E-state index is -0.290. The maximum absolute atomic E-state index is 13.1. The van der Waals surface area contributed by atoms with Gasteiger partial charge in [-0.15, -0.1) is 11.8 Å². The van der Waals surface area contributed by atoms with Gasteiger partial charge in [-0.3, -0.25) is 0 Å². The Labute approximate surface area is 99.0 Å². The lowest BCUT2D eigenvalue weighted by Gasteiger charge is -2.27. The van der Waals surface area contributed by atoms with Crippen molar-refractivity contribution >= 4 is 17.4 Å². The summed E-state index contributed by atoms with van der Waals surface area (Å²) in [6.45, 7) is 0. The molecule has 1 aliphatic rings. The molecular weight excluding hydrogens is 225 g/mol. The fraction of sp³-hybridized carbons (Fsp3) is 0.500. The third-order valence-corrected chi connectivity index (χ3v) is 4.38. The van der Waals surface area contributed by atoms with Crippen LogP contribution >= 0.6 is 11.8 Å². The minimum Gasteiger partial charge on any atom is -0.398 e. The number of aliphatic hydroxyl groups excluding tert-OH is 1. The van der Waals surface area contributed by atoms with Gasteiger partial charge in [-0.05, 0) is 31.0 Å². The van der Waals surface area contributed by atoms with Crippen LogP contribution in [0.2, 0.25) is 0 Å². The number of hydrogen-bond acceptors (Lipinski definition) is 3. The number of rotatable bonds is 2. The molecule has 1 aromatic rings. The summed E-state index contributed by atoms with van der Waals surface area (Å²) in [6, 6.07) is 4.38. The zero-order valence-electron chi connectivity index (χ0n) is 9.03. The number of nitrogen functional groups attached to an aromatic ring is 1. The normalized spacial score (nSPS) is 25.6. The van der Waals surface area contributed by atoms with E-state index in [1.54, 1.807) is 6.07 Å². The average Bonchev–Trinajstić information content (AvgIpc) is 2.27. The van der Waals surface area contributed by atoms with Gasteiger partial charge in [0.05, 0.1) is 6.10 Å². The highest BCUT2D eigenvalue weighted by molar-refractivity contribution is 8.00. The third-order valence-electron chi connectivity index (χ3n) is 2.92. The van der Waals surface area contributed by atoms with Gasteiger partial charge < -0.3 is 10.8 Å². The van der Waals surface area contributed by atoms with Crippen molar-refractivity contribution in [2.45, 2.75) is 41.9 Å². The molecule has 88 valence electrons. The average molecular weight is 241 g/mol. The van der Waals surface area contributed by atoms with Crippen molar-refractivity contribution in [1.82, 2.24) is 0 Å². The van der Waals surface area contributed by atoms with E-state index in [1.165, 1.54) is 23.9 Å². The van der Waals surface area contributed by atoms with Crippen molar-refractivity contribution in [2.24, 2.45) is 0 Å². The molecular formula is C12H16FNOS. The molecule has 0 radical (unpaired) electrons. The minimum absolute atomic E-state index is 0.151. The second-order valence-corrected chi connectivity index (χ2v) is 5.47. The molecule has 2 unspecified atom stereocenters. The van der Waals surface area contributed by atoms with E-state index in [9.17, 15) is 9.50 Å². The highest BCUT2D eigenvalue weighted by Gasteiger charge is 2.24. The van der Waals surface area contributed by atoms with Crippen molar-refractivity contribution in [3.63, 3.8) is 0 Å². The highest BCUT2D eigenvalue weighted by atomic mass is 32.2. The first-order chi connectivity index (χ1) is 7.66. The Hall–Kier alpha value is -0.740. The van der Waals surface area contributed by atoms with Gasteiger partial charge in [0.2, 0.25) is 0 Å². The lowest BCUT2D eigenvalue weighted by molar-refractivity contribution is 0.137. The Bertz CT molecular complexity index is 372. The second-order valence-electron chi connectivity index (χ2n) is 4.19. The van der Waals surface area contributed by atoms with Gasteiger partial charge in [0.1, 0.15) is 5.82 Å². The van der Waals surface area contributed by atoms with E-state index in [0.717, 1.165) is 30.6 Å². The summed E-state index contributed by atoms with van der Waals surface area (Å²) in [5, 5.41) is 9.99. The first kappa shape index (κ1) is 11.7. The standard InChI is InChI=1S/C12H16FNOS/c13-8-5-6-9(14)12(7-8)16-11-4-2-1-3-10(11)15/h5-7,10-11,15H,1-4,14H2. The molecule has 0 spiro atoms. The van der Waals surface area contributed by atoms with Crippen LogP contribution in [0.1, 0.15) is 25.7 Å². The van der Waals surface area contributed by atoms with Gasteiger partial charge in [-0.25, -0.2) is 4.39 Å². The van der Waals surface area contributed by atoms with Crippen molar-refractivity contribution in [3.05, 3.63) is 24.0 Å². The van der Waals surface area contributed by atoms with Gasteiger partial charge >= 0.3 is 0 Å². The van der Waals surface area contributed by atoms with Crippen molar-refractivity contribution in [1.29, 1.82) is 0 Å². The number of anilines is 1. The Morgan fingerprint density at radius 2 is 2.06 bits per heavy atom. The Morgan fingerprint density at radius 1 is 1.31 bits per heavy atom. The van der Waals surface area contributed by atoms with E-state index in [1.807, 2.05) is 0 Å². The summed E-state index contributed by atoms with van der Waals surface area (Å²) in [6.07, 6.45) is 3.73. The third kappa shape index (κ3) is 2.68. The molecule has 2 atom stereocenters. The first-order valence-corrected chi connectivity index (χ1v) is 6.44. The molecule has 0 heterocycles. The monoisotopic (exact) mass is 241 g/mol. The van der Waals surface area contributed by atoms with Crippen LogP contribution in [0, 0.1) is 5.82 Å². The summed E-state index contributed by atoms with van der Waals surface area (Å²) >= 11 is 1.50. The number of aliphatic hydroxyl groups is 1. The number of halogens is 1. The summed E-state index contributed by atoms with van der Waals surface area (Å²) < 4.78 is 13.1. The molecule has 1 saturated carbocycles. The van der Waals surface area contributed by atoms with Gasteiger partial charge in [-0.1, -0.05) is 12.8 Å². The maximum Gasteiger partial charge on any atom is 0.124 e. The fourth-order valence-corrected chi connectivity index (χ4v) is 3.28. The van der Waals surface area contributed by atoms with Crippen LogP contribution in [0.3, 0.4) is 0 Å². The molecule has 2 rings (SSSR count). The molecule has 1 fully saturated rings. The van der Waals surface area contributed by atoms with Gasteiger partial charge in [0.15, 0.2) is 0 Å². The SMILES string of the molecule is Nc1ccc(F)cc1SC1CCCCC1O. The Balaban J connectivity index is 2.10. The summed E-state index contributed by atoms with van der Waals surface area (Å²) in [5.74, 6) is -0.276. The molecule has 1 aromatic carbocycles. The largest absolute Gasteiger partial charge is 0.398 e. The second kappa shape index (κ2) is 5.06. The molecule has 0 bridgehead atoms. The molecule has 0 saturated heterocycles. The van der Waals surface area contributed by atoms with Crippen molar-refractivity contribution < 1.29 is 9.50 Å². The number of nitrogens with two attached hydrogens (primary N) is 1. The van der Waals surface area contributed by atoms with Gasteiger partial charge in [-0.2, -0.15) is 0 Å². The van der Waals surface area contributed by atoms with E-state index in [0.29, 0.717) is 5.69 Å². The Kier molecular flexibility index (Phi) is 3.71. The van der Waals surface area contributed by atoms with Crippen molar-refractivity contribution in [2.75, 3.05) is 5.73 Å². The quantitative estimate of drug-likeness (QED) is 0.783. The molecule has 4 heteroatoms. The zero-order chi connectivity index (χ0) is 11.5. The van der Waals surface area contributed by atoms with Crippen LogP contribution in [0.15, 0.2) is 23.1 Å². The predicted octanol–water partition coefficient (Wildman–Crippen LogP) is 2.80. The van der Waals surface area contributed by atoms with E-state index in [2.05, 4.69) is 0 Å². The van der Waals surface area contributed by atoms with E-state index in [-0.39, 0.29) is 17.2 Å². The highest BCUT2D eigenvalue weighted by Crippen LogP contribution is 2.36. The van der Waals surface area contributed by atoms with Crippen LogP contribution in [-0.2, 0) is 0 Å². The van der Waals surface area contributed by atoms with Crippen LogP contribution in [0.5, 0.6) is 0 Å². The fourth-order valence-electron chi connectivity index (χ4n) is 1.99. The topological polar surface area (TPSA) is 46.2 Å². The molecule has 0 amide bonds.